The Balaban J connectivity index is 2.33. The Morgan fingerprint density at radius 1 is 1.29 bits per heavy atom. The van der Waals surface area contributed by atoms with E-state index in [9.17, 15) is 26.7 Å². The molecule has 0 saturated heterocycles. The summed E-state index contributed by atoms with van der Waals surface area (Å²) < 4.78 is 60.3. The van der Waals surface area contributed by atoms with Crippen LogP contribution in [0.15, 0.2) is 0 Å². The maximum absolute atomic E-state index is 12.5. The first-order valence-electron chi connectivity index (χ1n) is 5.09. The lowest BCUT2D eigenvalue weighted by Crippen LogP contribution is -2.51. The highest BCUT2D eigenvalue weighted by Gasteiger charge is 2.63. The monoisotopic (exact) mass is 260 g/mol. The van der Waals surface area contributed by atoms with Gasteiger partial charge >= 0.3 is 12.1 Å². The number of hydrogen-bond donors (Lipinski definition) is 1. The molecule has 3 nitrogen and oxygen atoms in total. The van der Waals surface area contributed by atoms with Crippen LogP contribution < -0.4 is 5.32 Å². The van der Waals surface area contributed by atoms with Gasteiger partial charge in [-0.2, -0.15) is 22.0 Å². The molecule has 0 bridgehead atoms. The molecular formula is C9H13F5N2O. The van der Waals surface area contributed by atoms with Gasteiger partial charge in [0.05, 0.1) is 0 Å². The van der Waals surface area contributed by atoms with E-state index in [0.29, 0.717) is 6.04 Å². The molecule has 1 aliphatic carbocycles. The number of alkyl halides is 5. The molecule has 1 rings (SSSR count). The van der Waals surface area contributed by atoms with Gasteiger partial charge in [0, 0.05) is 19.1 Å². The van der Waals surface area contributed by atoms with Crippen molar-refractivity contribution in [3.05, 3.63) is 0 Å². The lowest BCUT2D eigenvalue weighted by molar-refractivity contribution is -0.269. The van der Waals surface area contributed by atoms with Crippen LogP contribution in [-0.2, 0) is 4.79 Å². The molecule has 0 aliphatic heterocycles. The van der Waals surface area contributed by atoms with E-state index >= 15 is 0 Å². The van der Waals surface area contributed by atoms with Crippen LogP contribution in [0.1, 0.15) is 12.8 Å². The molecule has 1 saturated carbocycles. The Hall–Kier alpha value is -0.920. The van der Waals surface area contributed by atoms with Crippen LogP contribution in [0.5, 0.6) is 0 Å². The number of halogens is 5. The Bertz CT molecular complexity index is 288. The highest BCUT2D eigenvalue weighted by molar-refractivity contribution is 5.84. The van der Waals surface area contributed by atoms with Crippen molar-refractivity contribution >= 4 is 5.91 Å². The molecule has 1 fully saturated rings. The Labute approximate surface area is 95.0 Å². The van der Waals surface area contributed by atoms with Crippen LogP contribution in [0.3, 0.4) is 0 Å². The summed E-state index contributed by atoms with van der Waals surface area (Å²) >= 11 is 0. The van der Waals surface area contributed by atoms with Crippen molar-refractivity contribution in [2.75, 3.05) is 20.1 Å². The normalized spacial score (nSPS) is 17.4. The summed E-state index contributed by atoms with van der Waals surface area (Å²) in [6.07, 6.45) is -3.87. The lowest BCUT2D eigenvalue weighted by Gasteiger charge is -2.20. The molecule has 0 aromatic heterocycles. The van der Waals surface area contributed by atoms with Crippen molar-refractivity contribution in [3.8, 4) is 0 Å². The molecule has 0 radical (unpaired) electrons. The molecule has 100 valence electrons. The molecule has 1 N–H and O–H groups in total. The predicted molar refractivity (Wildman–Crippen MR) is 49.7 cm³/mol. The van der Waals surface area contributed by atoms with Gasteiger partial charge in [0.1, 0.15) is 0 Å². The van der Waals surface area contributed by atoms with Crippen LogP contribution >= 0.6 is 0 Å². The molecule has 0 heterocycles. The van der Waals surface area contributed by atoms with Crippen molar-refractivity contribution in [1.82, 2.24) is 10.2 Å². The summed E-state index contributed by atoms with van der Waals surface area (Å²) in [5.74, 6) is -7.63. The van der Waals surface area contributed by atoms with Crippen molar-refractivity contribution in [1.29, 1.82) is 0 Å². The predicted octanol–water partition coefficient (Wildman–Crippen LogP) is 1.39. The topological polar surface area (TPSA) is 32.3 Å². The first-order valence-corrected chi connectivity index (χ1v) is 5.09. The Kier molecular flexibility index (Phi) is 3.95. The zero-order valence-corrected chi connectivity index (χ0v) is 9.15. The summed E-state index contributed by atoms with van der Waals surface area (Å²) in [5.41, 5.74) is 0. The number of hydrogen-bond acceptors (Lipinski definition) is 2. The number of nitrogens with zero attached hydrogens (tertiary/aromatic N) is 1. The molecule has 0 spiro atoms. The van der Waals surface area contributed by atoms with E-state index in [1.807, 2.05) is 4.90 Å². The van der Waals surface area contributed by atoms with E-state index in [-0.39, 0.29) is 13.1 Å². The maximum Gasteiger partial charge on any atom is 0.463 e. The first-order chi connectivity index (χ1) is 7.66. The van der Waals surface area contributed by atoms with Crippen LogP contribution in [-0.4, -0.2) is 49.1 Å². The van der Waals surface area contributed by atoms with Gasteiger partial charge < -0.3 is 10.2 Å². The number of nitrogens with one attached hydrogen (secondary N) is 1. The van der Waals surface area contributed by atoms with E-state index in [0.717, 1.165) is 12.8 Å². The van der Waals surface area contributed by atoms with Crippen molar-refractivity contribution < 1.29 is 26.7 Å². The minimum atomic E-state index is -5.85. The van der Waals surface area contributed by atoms with Crippen molar-refractivity contribution in [2.45, 2.75) is 31.0 Å². The minimum Gasteiger partial charge on any atom is -0.349 e. The number of rotatable bonds is 5. The summed E-state index contributed by atoms with van der Waals surface area (Å²) in [4.78, 5) is 12.5. The fraction of sp³-hybridized carbons (Fsp3) is 0.889. The standard InChI is InChI=1S/C9H13F5N2O/c1-16(6-2-3-6)5-4-15-7(17)8(10,11)9(12,13)14/h6H,2-5H2,1H3,(H,15,17). The largest absolute Gasteiger partial charge is 0.463 e. The first kappa shape index (κ1) is 14.1. The molecular weight excluding hydrogens is 247 g/mol. The summed E-state index contributed by atoms with van der Waals surface area (Å²) in [5, 5.41) is 1.59. The summed E-state index contributed by atoms with van der Waals surface area (Å²) in [6.45, 7) is 0.0296. The number of carbonyl (C=O) groups is 1. The summed E-state index contributed by atoms with van der Waals surface area (Å²) in [7, 11) is 1.73. The molecule has 0 aromatic carbocycles. The average molecular weight is 260 g/mol. The second-order valence-corrected chi connectivity index (χ2v) is 4.04. The van der Waals surface area contributed by atoms with Crippen LogP contribution in [0, 0.1) is 0 Å². The van der Waals surface area contributed by atoms with Gasteiger partial charge in [-0.25, -0.2) is 0 Å². The molecule has 1 aliphatic rings. The number of carbonyl (C=O) groups excluding carboxylic acids is 1. The Morgan fingerprint density at radius 2 is 1.82 bits per heavy atom. The van der Waals surface area contributed by atoms with Crippen molar-refractivity contribution in [3.63, 3.8) is 0 Å². The highest BCUT2D eigenvalue weighted by atomic mass is 19.4. The van der Waals surface area contributed by atoms with E-state index in [1.165, 1.54) is 0 Å². The zero-order chi connectivity index (χ0) is 13.3. The second kappa shape index (κ2) is 4.75. The third kappa shape index (κ3) is 3.52. The molecule has 0 unspecified atom stereocenters. The third-order valence-electron chi connectivity index (χ3n) is 2.56. The molecule has 0 aromatic rings. The summed E-state index contributed by atoms with van der Waals surface area (Å²) in [6, 6.07) is 0.357. The van der Waals surface area contributed by atoms with Crippen LogP contribution in [0.4, 0.5) is 22.0 Å². The van der Waals surface area contributed by atoms with E-state index in [1.54, 1.807) is 12.4 Å². The van der Waals surface area contributed by atoms with Gasteiger partial charge in [-0.1, -0.05) is 0 Å². The van der Waals surface area contributed by atoms with Gasteiger partial charge in [-0.15, -0.1) is 0 Å². The fourth-order valence-electron chi connectivity index (χ4n) is 1.28. The second-order valence-electron chi connectivity index (χ2n) is 4.04. The van der Waals surface area contributed by atoms with E-state index in [4.69, 9.17) is 0 Å². The Morgan fingerprint density at radius 3 is 2.24 bits per heavy atom. The fourth-order valence-corrected chi connectivity index (χ4v) is 1.28. The SMILES string of the molecule is CN(CCNC(=O)C(F)(F)C(F)(F)F)C1CC1. The highest BCUT2D eigenvalue weighted by Crippen LogP contribution is 2.35. The van der Waals surface area contributed by atoms with Gasteiger partial charge in [-0.05, 0) is 19.9 Å². The lowest BCUT2D eigenvalue weighted by atomic mass is 10.3. The maximum atomic E-state index is 12.5. The van der Waals surface area contributed by atoms with Crippen molar-refractivity contribution in [2.24, 2.45) is 0 Å². The van der Waals surface area contributed by atoms with E-state index in [2.05, 4.69) is 0 Å². The third-order valence-corrected chi connectivity index (χ3v) is 2.56. The van der Waals surface area contributed by atoms with E-state index < -0.39 is 18.0 Å². The molecule has 8 heteroatoms. The van der Waals surface area contributed by atoms with Gasteiger partial charge in [0.2, 0.25) is 0 Å². The molecule has 1 amide bonds. The van der Waals surface area contributed by atoms with Gasteiger partial charge in [-0.3, -0.25) is 4.79 Å². The quantitative estimate of drug-likeness (QED) is 0.758. The van der Waals surface area contributed by atoms with Crippen LogP contribution in [0.25, 0.3) is 0 Å². The molecule has 0 atom stereocenters. The minimum absolute atomic E-state index is 0.225. The zero-order valence-electron chi connectivity index (χ0n) is 9.15. The van der Waals surface area contributed by atoms with Gasteiger partial charge in [0.15, 0.2) is 0 Å². The number of amides is 1. The molecule has 17 heavy (non-hydrogen) atoms. The average Bonchev–Trinajstić information content (AvgIpc) is 2.98. The smallest absolute Gasteiger partial charge is 0.349 e. The number of likely N-dealkylation sites (N-methyl/N-ethyl adjacent to an activating group) is 1. The van der Waals surface area contributed by atoms with Gasteiger partial charge in [0.25, 0.3) is 5.91 Å². The van der Waals surface area contributed by atoms with Crippen LogP contribution in [0.2, 0.25) is 0 Å².